The van der Waals surface area contributed by atoms with E-state index in [9.17, 15) is 0 Å². The first-order valence-corrected chi connectivity index (χ1v) is 10.3. The molecule has 0 amide bonds. The molecule has 0 aliphatic carbocycles. The molecule has 0 aromatic heterocycles. The zero-order valence-electron chi connectivity index (χ0n) is 13.9. The SMILES string of the molecule is Clc1ccc(COc2ccc(Cl)cc2CNc2ccc(Br)c(Cl)c2)c(Cl)c1. The van der Waals surface area contributed by atoms with E-state index in [0.717, 1.165) is 27.0 Å². The molecule has 0 bridgehead atoms. The molecule has 0 fully saturated rings. The van der Waals surface area contributed by atoms with Gasteiger partial charge in [-0.3, -0.25) is 0 Å². The molecule has 0 spiro atoms. The average Bonchev–Trinajstić information content (AvgIpc) is 2.63. The van der Waals surface area contributed by atoms with Crippen LogP contribution in [0.15, 0.2) is 59.1 Å². The molecule has 140 valence electrons. The van der Waals surface area contributed by atoms with Gasteiger partial charge in [0.2, 0.25) is 0 Å². The first-order chi connectivity index (χ1) is 12.9. The molecule has 0 atom stereocenters. The van der Waals surface area contributed by atoms with Crippen molar-refractivity contribution in [2.24, 2.45) is 0 Å². The quantitative estimate of drug-likeness (QED) is 0.364. The van der Waals surface area contributed by atoms with Gasteiger partial charge >= 0.3 is 0 Å². The normalized spacial score (nSPS) is 10.7. The molecule has 27 heavy (non-hydrogen) atoms. The Morgan fingerprint density at radius 2 is 1.52 bits per heavy atom. The summed E-state index contributed by atoms with van der Waals surface area (Å²) in [5.41, 5.74) is 2.68. The maximum absolute atomic E-state index is 6.22. The van der Waals surface area contributed by atoms with Crippen molar-refractivity contribution in [3.8, 4) is 5.75 Å². The predicted molar refractivity (Wildman–Crippen MR) is 119 cm³/mol. The smallest absolute Gasteiger partial charge is 0.124 e. The summed E-state index contributed by atoms with van der Waals surface area (Å²) in [4.78, 5) is 0. The van der Waals surface area contributed by atoms with Gasteiger partial charge in [-0.15, -0.1) is 0 Å². The van der Waals surface area contributed by atoms with E-state index in [-0.39, 0.29) is 0 Å². The number of hydrogen-bond acceptors (Lipinski definition) is 2. The molecule has 1 N–H and O–H groups in total. The van der Waals surface area contributed by atoms with Crippen LogP contribution in [-0.4, -0.2) is 0 Å². The topological polar surface area (TPSA) is 21.3 Å². The lowest BCUT2D eigenvalue weighted by Gasteiger charge is -2.14. The highest BCUT2D eigenvalue weighted by atomic mass is 79.9. The molecule has 0 aliphatic heterocycles. The van der Waals surface area contributed by atoms with Crippen molar-refractivity contribution in [1.29, 1.82) is 0 Å². The number of anilines is 1. The Hall–Kier alpha value is -1.10. The fourth-order valence-electron chi connectivity index (χ4n) is 2.42. The van der Waals surface area contributed by atoms with Crippen molar-refractivity contribution in [3.63, 3.8) is 0 Å². The first-order valence-electron chi connectivity index (χ1n) is 7.96. The van der Waals surface area contributed by atoms with Gasteiger partial charge in [0.25, 0.3) is 0 Å². The van der Waals surface area contributed by atoms with Crippen LogP contribution < -0.4 is 10.1 Å². The molecule has 0 radical (unpaired) electrons. The molecule has 0 saturated carbocycles. The van der Waals surface area contributed by atoms with Gasteiger partial charge in [-0.2, -0.15) is 0 Å². The van der Waals surface area contributed by atoms with Crippen LogP contribution in [-0.2, 0) is 13.2 Å². The second-order valence-corrected chi connectivity index (χ2v) is 8.30. The van der Waals surface area contributed by atoms with E-state index in [4.69, 9.17) is 51.1 Å². The van der Waals surface area contributed by atoms with Crippen LogP contribution in [0, 0.1) is 0 Å². The summed E-state index contributed by atoms with van der Waals surface area (Å²) in [5, 5.41) is 5.76. The van der Waals surface area contributed by atoms with Gasteiger partial charge in [0.05, 0.1) is 5.02 Å². The van der Waals surface area contributed by atoms with Crippen molar-refractivity contribution in [2.75, 3.05) is 5.32 Å². The first kappa shape index (κ1) is 20.6. The second-order valence-electron chi connectivity index (χ2n) is 5.76. The van der Waals surface area contributed by atoms with E-state index in [2.05, 4.69) is 21.2 Å². The molecule has 0 heterocycles. The van der Waals surface area contributed by atoms with Crippen LogP contribution >= 0.6 is 62.3 Å². The standard InChI is InChI=1S/C20H14BrCl4NO/c21-17-5-4-16(9-19(17)25)26-10-13-7-14(22)3-6-20(13)27-11-12-1-2-15(23)8-18(12)24/h1-9,26H,10-11H2. The molecule has 0 saturated heterocycles. The summed E-state index contributed by atoms with van der Waals surface area (Å²) < 4.78 is 6.82. The van der Waals surface area contributed by atoms with E-state index < -0.39 is 0 Å². The summed E-state index contributed by atoms with van der Waals surface area (Å²) in [6.45, 7) is 0.858. The number of ether oxygens (including phenoxy) is 1. The van der Waals surface area contributed by atoms with Crippen molar-refractivity contribution in [3.05, 3.63) is 90.3 Å². The highest BCUT2D eigenvalue weighted by Gasteiger charge is 2.08. The van der Waals surface area contributed by atoms with Crippen LogP contribution in [0.2, 0.25) is 20.1 Å². The molecule has 2 nitrogen and oxygen atoms in total. The molecule has 3 aromatic rings. The Kier molecular flexibility index (Phi) is 7.18. The lowest BCUT2D eigenvalue weighted by atomic mass is 10.2. The van der Waals surface area contributed by atoms with Crippen molar-refractivity contribution in [2.45, 2.75) is 13.2 Å². The molecule has 0 unspecified atom stereocenters. The number of benzene rings is 3. The Morgan fingerprint density at radius 1 is 0.778 bits per heavy atom. The van der Waals surface area contributed by atoms with Gasteiger partial charge in [0, 0.05) is 42.9 Å². The van der Waals surface area contributed by atoms with Gasteiger partial charge < -0.3 is 10.1 Å². The number of nitrogens with one attached hydrogen (secondary N) is 1. The zero-order chi connectivity index (χ0) is 19.4. The zero-order valence-corrected chi connectivity index (χ0v) is 18.5. The van der Waals surface area contributed by atoms with Crippen molar-refractivity contribution < 1.29 is 4.74 Å². The van der Waals surface area contributed by atoms with Crippen LogP contribution in [0.4, 0.5) is 5.69 Å². The van der Waals surface area contributed by atoms with Gasteiger partial charge in [-0.1, -0.05) is 52.5 Å². The Balaban J connectivity index is 1.73. The predicted octanol–water partition coefficient (Wildman–Crippen LogP) is 8.25. The molecule has 3 aromatic carbocycles. The monoisotopic (exact) mass is 503 g/mol. The molecule has 0 aliphatic rings. The van der Waals surface area contributed by atoms with Crippen LogP contribution in [0.1, 0.15) is 11.1 Å². The second kappa shape index (κ2) is 9.40. The fraction of sp³-hybridized carbons (Fsp3) is 0.100. The number of hydrogen-bond donors (Lipinski definition) is 1. The average molecular weight is 506 g/mol. The molecular formula is C20H14BrCl4NO. The third-order valence-corrected chi connectivity index (χ3v) is 5.88. The highest BCUT2D eigenvalue weighted by Crippen LogP contribution is 2.29. The Bertz CT molecular complexity index is 965. The lowest BCUT2D eigenvalue weighted by Crippen LogP contribution is -2.04. The largest absolute Gasteiger partial charge is 0.488 e. The Morgan fingerprint density at radius 3 is 2.26 bits per heavy atom. The van der Waals surface area contributed by atoms with Gasteiger partial charge in [0.1, 0.15) is 12.4 Å². The van der Waals surface area contributed by atoms with E-state index in [1.54, 1.807) is 18.2 Å². The van der Waals surface area contributed by atoms with Gasteiger partial charge in [-0.05, 0) is 64.5 Å². The third kappa shape index (κ3) is 5.69. The fourth-order valence-corrected chi connectivity index (χ4v) is 3.51. The summed E-state index contributed by atoms with van der Waals surface area (Å²) in [7, 11) is 0. The highest BCUT2D eigenvalue weighted by molar-refractivity contribution is 9.10. The summed E-state index contributed by atoms with van der Waals surface area (Å²) in [6.07, 6.45) is 0. The van der Waals surface area contributed by atoms with E-state index in [0.29, 0.717) is 33.2 Å². The van der Waals surface area contributed by atoms with Gasteiger partial charge in [-0.25, -0.2) is 0 Å². The van der Waals surface area contributed by atoms with E-state index in [1.165, 1.54) is 0 Å². The van der Waals surface area contributed by atoms with Crippen LogP contribution in [0.25, 0.3) is 0 Å². The van der Waals surface area contributed by atoms with Crippen molar-refractivity contribution >= 4 is 68.0 Å². The summed E-state index contributed by atoms with van der Waals surface area (Å²) >= 11 is 27.8. The third-order valence-electron chi connectivity index (χ3n) is 3.82. The lowest BCUT2D eigenvalue weighted by molar-refractivity contribution is 0.303. The van der Waals surface area contributed by atoms with Crippen molar-refractivity contribution in [1.82, 2.24) is 0 Å². The number of halogens is 5. The van der Waals surface area contributed by atoms with E-state index in [1.807, 2.05) is 36.4 Å². The van der Waals surface area contributed by atoms with Gasteiger partial charge in [0.15, 0.2) is 0 Å². The maximum Gasteiger partial charge on any atom is 0.124 e. The maximum atomic E-state index is 6.22. The summed E-state index contributed by atoms with van der Waals surface area (Å²) in [6, 6.07) is 16.5. The summed E-state index contributed by atoms with van der Waals surface area (Å²) in [5.74, 6) is 0.723. The number of rotatable bonds is 6. The molecule has 7 heteroatoms. The van der Waals surface area contributed by atoms with Crippen LogP contribution in [0.5, 0.6) is 5.75 Å². The van der Waals surface area contributed by atoms with Crippen LogP contribution in [0.3, 0.4) is 0 Å². The minimum Gasteiger partial charge on any atom is -0.488 e. The Labute approximate surface area is 186 Å². The van der Waals surface area contributed by atoms with E-state index >= 15 is 0 Å². The molecular weight excluding hydrogens is 492 g/mol. The minimum atomic E-state index is 0.328. The molecule has 3 rings (SSSR count). The minimum absolute atomic E-state index is 0.328.